The van der Waals surface area contributed by atoms with E-state index in [9.17, 15) is 13.2 Å². The van der Waals surface area contributed by atoms with Gasteiger partial charge in [-0.25, -0.2) is 13.1 Å². The minimum absolute atomic E-state index is 0.0219. The number of fused-ring (bicyclic) bond motifs is 1. The Morgan fingerprint density at radius 3 is 2.75 bits per heavy atom. The molecule has 3 aromatic carbocycles. The number of hydrogen-bond donors (Lipinski definition) is 1. The fraction of sp³-hybridized carbons (Fsp3) is 0.125. The van der Waals surface area contributed by atoms with Crippen molar-refractivity contribution in [2.45, 2.75) is 18.0 Å². The molecule has 0 aliphatic rings. The van der Waals surface area contributed by atoms with E-state index in [1.807, 2.05) is 18.2 Å². The summed E-state index contributed by atoms with van der Waals surface area (Å²) in [4.78, 5) is 16.7. The summed E-state index contributed by atoms with van der Waals surface area (Å²) >= 11 is 7.22. The third kappa shape index (κ3) is 4.91. The van der Waals surface area contributed by atoms with Crippen LogP contribution in [0.15, 0.2) is 80.9 Å². The van der Waals surface area contributed by atoms with E-state index >= 15 is 0 Å². The molecule has 0 amide bonds. The Hall–Kier alpha value is -3.51. The molecule has 5 aromatic rings. The summed E-state index contributed by atoms with van der Waals surface area (Å²) in [5, 5.41) is 4.47. The van der Waals surface area contributed by atoms with Crippen LogP contribution in [0.5, 0.6) is 5.75 Å². The molecule has 2 heterocycles. The van der Waals surface area contributed by atoms with Crippen LogP contribution in [-0.4, -0.2) is 30.2 Å². The average Bonchev–Trinajstić information content (AvgIpc) is 3.48. The first kappa shape index (κ1) is 24.2. The van der Waals surface area contributed by atoms with Crippen LogP contribution >= 0.6 is 22.9 Å². The second-order valence-electron chi connectivity index (χ2n) is 7.74. The van der Waals surface area contributed by atoms with E-state index in [-0.39, 0.29) is 28.7 Å². The highest BCUT2D eigenvalue weighted by Gasteiger charge is 2.19. The van der Waals surface area contributed by atoms with Crippen LogP contribution in [0.1, 0.15) is 11.5 Å². The summed E-state index contributed by atoms with van der Waals surface area (Å²) in [6, 6.07) is 18.9. The molecule has 0 fully saturated rings. The van der Waals surface area contributed by atoms with Crippen molar-refractivity contribution in [3.05, 3.63) is 92.9 Å². The maximum atomic E-state index is 12.9. The number of methoxy groups -OCH3 is 1. The first-order valence-corrected chi connectivity index (χ1v) is 13.4. The number of thiazole rings is 1. The molecule has 1 N–H and O–H groups in total. The van der Waals surface area contributed by atoms with Gasteiger partial charge in [-0.05, 0) is 42.0 Å². The SMILES string of the molecule is COc1cccc(-c2noc(CNS(=O)(=O)c3ccc4c(c3)sc(=O)n4Cc3ccccc3Cl)n2)c1. The molecule has 0 saturated carbocycles. The average molecular weight is 543 g/mol. The van der Waals surface area contributed by atoms with Gasteiger partial charge in [0.15, 0.2) is 0 Å². The number of halogens is 1. The third-order valence-electron chi connectivity index (χ3n) is 5.45. The fourth-order valence-corrected chi connectivity index (χ4v) is 5.81. The summed E-state index contributed by atoms with van der Waals surface area (Å²) < 4.78 is 40.8. The Morgan fingerprint density at radius 2 is 1.94 bits per heavy atom. The van der Waals surface area contributed by atoms with Crippen molar-refractivity contribution in [1.82, 2.24) is 19.4 Å². The van der Waals surface area contributed by atoms with E-state index in [0.717, 1.165) is 16.9 Å². The molecule has 5 rings (SSSR count). The Bertz CT molecular complexity index is 1730. The lowest BCUT2D eigenvalue weighted by Crippen LogP contribution is -2.23. The van der Waals surface area contributed by atoms with Gasteiger partial charge in [0.2, 0.25) is 21.7 Å². The standard InChI is InChI=1S/C24H19ClN4O5S2/c1-33-17-7-4-6-15(11-17)23-27-22(34-28-23)13-26-36(31,32)18-9-10-20-21(12-18)35-24(30)29(20)14-16-5-2-3-8-19(16)25/h2-12,26H,13-14H2,1H3. The molecule has 0 aliphatic heterocycles. The van der Waals surface area contributed by atoms with E-state index in [4.69, 9.17) is 20.9 Å². The Kier molecular flexibility index (Phi) is 6.63. The normalized spacial score (nSPS) is 11.7. The highest BCUT2D eigenvalue weighted by atomic mass is 35.5. The van der Waals surface area contributed by atoms with E-state index in [2.05, 4.69) is 14.9 Å². The predicted molar refractivity (Wildman–Crippen MR) is 137 cm³/mol. The highest BCUT2D eigenvalue weighted by molar-refractivity contribution is 7.89. The number of hydrogen-bond acceptors (Lipinski definition) is 8. The molecule has 12 heteroatoms. The molecule has 0 atom stereocenters. The van der Waals surface area contributed by atoms with Crippen molar-refractivity contribution in [2.24, 2.45) is 0 Å². The number of nitrogens with zero attached hydrogens (tertiary/aromatic N) is 3. The van der Waals surface area contributed by atoms with Crippen molar-refractivity contribution in [2.75, 3.05) is 7.11 Å². The van der Waals surface area contributed by atoms with Crippen molar-refractivity contribution >= 4 is 43.2 Å². The van der Waals surface area contributed by atoms with Crippen molar-refractivity contribution in [1.29, 1.82) is 0 Å². The van der Waals surface area contributed by atoms with E-state index in [0.29, 0.717) is 32.4 Å². The molecular weight excluding hydrogens is 524 g/mol. The number of aromatic nitrogens is 3. The Morgan fingerprint density at radius 1 is 1.11 bits per heavy atom. The van der Waals surface area contributed by atoms with Gasteiger partial charge in [0.25, 0.3) is 0 Å². The molecule has 0 bridgehead atoms. The molecule has 0 unspecified atom stereocenters. The zero-order chi connectivity index (χ0) is 25.3. The summed E-state index contributed by atoms with van der Waals surface area (Å²) in [6.45, 7) is 0.0940. The lowest BCUT2D eigenvalue weighted by molar-refractivity contribution is 0.376. The molecule has 184 valence electrons. The first-order valence-electron chi connectivity index (χ1n) is 10.7. The predicted octanol–water partition coefficient (Wildman–Crippen LogP) is 4.30. The second-order valence-corrected chi connectivity index (χ2v) is 10.9. The minimum atomic E-state index is -3.91. The van der Waals surface area contributed by atoms with Crippen LogP contribution < -0.4 is 14.3 Å². The summed E-state index contributed by atoms with van der Waals surface area (Å²) in [7, 11) is -2.35. The fourth-order valence-electron chi connectivity index (χ4n) is 3.61. The van der Waals surface area contributed by atoms with E-state index < -0.39 is 10.0 Å². The molecule has 36 heavy (non-hydrogen) atoms. The monoisotopic (exact) mass is 542 g/mol. The third-order valence-corrected chi connectivity index (χ3v) is 8.16. The van der Waals surface area contributed by atoms with Crippen LogP contribution in [0.2, 0.25) is 5.02 Å². The van der Waals surface area contributed by atoms with Gasteiger partial charge < -0.3 is 9.26 Å². The van der Waals surface area contributed by atoms with Crippen LogP contribution in [-0.2, 0) is 23.1 Å². The Balaban J connectivity index is 1.34. The molecule has 9 nitrogen and oxygen atoms in total. The molecular formula is C24H19ClN4O5S2. The van der Waals surface area contributed by atoms with Gasteiger partial charge in [-0.15, -0.1) is 0 Å². The van der Waals surface area contributed by atoms with Gasteiger partial charge in [0.05, 0.1) is 35.3 Å². The van der Waals surface area contributed by atoms with Gasteiger partial charge in [-0.2, -0.15) is 4.98 Å². The topological polar surface area (TPSA) is 116 Å². The summed E-state index contributed by atoms with van der Waals surface area (Å²) in [6.07, 6.45) is 0. The zero-order valence-corrected chi connectivity index (χ0v) is 21.2. The number of ether oxygens (including phenoxy) is 1. The van der Waals surface area contributed by atoms with Gasteiger partial charge in [0, 0.05) is 10.6 Å². The maximum absolute atomic E-state index is 12.9. The Labute approximate surface area is 215 Å². The van der Waals surface area contributed by atoms with Crippen molar-refractivity contribution in [3.63, 3.8) is 0 Å². The van der Waals surface area contributed by atoms with Crippen molar-refractivity contribution in [3.8, 4) is 17.1 Å². The lowest BCUT2D eigenvalue weighted by Gasteiger charge is -2.07. The summed E-state index contributed by atoms with van der Waals surface area (Å²) in [5.41, 5.74) is 2.10. The van der Waals surface area contributed by atoms with Crippen LogP contribution in [0.3, 0.4) is 0 Å². The minimum Gasteiger partial charge on any atom is -0.497 e. The molecule has 2 aromatic heterocycles. The van der Waals surface area contributed by atoms with E-state index in [1.54, 1.807) is 48.1 Å². The number of rotatable bonds is 8. The van der Waals surface area contributed by atoms with Gasteiger partial charge in [-0.3, -0.25) is 9.36 Å². The number of nitrogens with one attached hydrogen (secondary N) is 1. The molecule has 0 spiro atoms. The van der Waals surface area contributed by atoms with Gasteiger partial charge in [-0.1, -0.05) is 58.4 Å². The van der Waals surface area contributed by atoms with Crippen LogP contribution in [0.25, 0.3) is 21.6 Å². The van der Waals surface area contributed by atoms with E-state index in [1.165, 1.54) is 12.1 Å². The van der Waals surface area contributed by atoms with Gasteiger partial charge in [0.1, 0.15) is 5.75 Å². The summed E-state index contributed by atoms with van der Waals surface area (Å²) in [5.74, 6) is 1.06. The smallest absolute Gasteiger partial charge is 0.308 e. The molecule has 0 radical (unpaired) electrons. The maximum Gasteiger partial charge on any atom is 0.308 e. The molecule has 0 aliphatic carbocycles. The zero-order valence-electron chi connectivity index (χ0n) is 18.8. The first-order chi connectivity index (χ1) is 17.3. The highest BCUT2D eigenvalue weighted by Crippen LogP contribution is 2.25. The van der Waals surface area contributed by atoms with Gasteiger partial charge >= 0.3 is 4.87 Å². The molecule has 0 saturated heterocycles. The number of benzene rings is 3. The van der Waals surface area contributed by atoms with Crippen LogP contribution in [0.4, 0.5) is 0 Å². The number of sulfonamides is 1. The van der Waals surface area contributed by atoms with Crippen LogP contribution in [0, 0.1) is 0 Å². The largest absolute Gasteiger partial charge is 0.497 e. The lowest BCUT2D eigenvalue weighted by atomic mass is 10.2. The quantitative estimate of drug-likeness (QED) is 0.310. The van der Waals surface area contributed by atoms with Crippen molar-refractivity contribution < 1.29 is 17.7 Å². The second kappa shape index (κ2) is 9.86.